The predicted octanol–water partition coefficient (Wildman–Crippen LogP) is 4.71. The Kier molecular flexibility index (Phi) is 4.55. The number of hydrogen-bond donors (Lipinski definition) is 0. The molecule has 0 aliphatic carbocycles. The number of imide groups is 1. The van der Waals surface area contributed by atoms with Crippen LogP contribution in [0.5, 0.6) is 0 Å². The Labute approximate surface area is 180 Å². The van der Waals surface area contributed by atoms with Gasteiger partial charge in [0.2, 0.25) is 0 Å². The van der Waals surface area contributed by atoms with E-state index in [4.69, 9.17) is 0 Å². The first-order chi connectivity index (χ1) is 14.5. The number of benzene rings is 2. The van der Waals surface area contributed by atoms with Crippen molar-refractivity contribution in [2.45, 2.75) is 26.8 Å². The van der Waals surface area contributed by atoms with E-state index >= 15 is 0 Å². The van der Waals surface area contributed by atoms with Gasteiger partial charge in [-0.2, -0.15) is 0 Å². The Morgan fingerprint density at radius 1 is 0.867 bits per heavy atom. The van der Waals surface area contributed by atoms with Gasteiger partial charge in [-0.05, 0) is 66.1 Å². The van der Waals surface area contributed by atoms with Crippen LogP contribution in [0.1, 0.15) is 27.1 Å². The number of anilines is 1. The van der Waals surface area contributed by atoms with Gasteiger partial charge in [-0.25, -0.2) is 4.90 Å². The first kappa shape index (κ1) is 18.8. The van der Waals surface area contributed by atoms with E-state index in [0.29, 0.717) is 23.5 Å². The van der Waals surface area contributed by atoms with E-state index < -0.39 is 0 Å². The summed E-state index contributed by atoms with van der Waals surface area (Å²) in [7, 11) is 0. The van der Waals surface area contributed by atoms with Crippen LogP contribution < -0.4 is 4.90 Å². The van der Waals surface area contributed by atoms with Gasteiger partial charge in [-0.1, -0.05) is 36.4 Å². The minimum atomic E-state index is -0.235. The number of aryl methyl sites for hydroxylation is 2. The average molecular weight is 415 g/mol. The second-order valence-electron chi connectivity index (χ2n) is 7.93. The lowest BCUT2D eigenvalue weighted by Gasteiger charge is -2.31. The summed E-state index contributed by atoms with van der Waals surface area (Å²) in [6.07, 6.45) is 0.864. The highest BCUT2D eigenvalue weighted by atomic mass is 32.1. The van der Waals surface area contributed by atoms with Crippen LogP contribution in [0.15, 0.2) is 65.7 Å². The first-order valence-electron chi connectivity index (χ1n) is 10.1. The van der Waals surface area contributed by atoms with Crippen molar-refractivity contribution in [2.75, 3.05) is 11.4 Å². The van der Waals surface area contributed by atoms with E-state index in [1.165, 1.54) is 27.4 Å². The van der Waals surface area contributed by atoms with E-state index in [9.17, 15) is 9.59 Å². The van der Waals surface area contributed by atoms with Crippen molar-refractivity contribution in [3.63, 3.8) is 0 Å². The highest BCUT2D eigenvalue weighted by Gasteiger charge is 2.43. The van der Waals surface area contributed by atoms with Crippen LogP contribution >= 0.6 is 11.3 Å². The monoisotopic (exact) mass is 414 g/mol. The summed E-state index contributed by atoms with van der Waals surface area (Å²) in [5.74, 6) is -0.464. The maximum absolute atomic E-state index is 13.7. The summed E-state index contributed by atoms with van der Waals surface area (Å²) in [6, 6.07) is 18.0. The lowest BCUT2D eigenvalue weighted by Crippen LogP contribution is -2.37. The molecular formula is C25H22N2O2S. The van der Waals surface area contributed by atoms with E-state index in [1.54, 1.807) is 0 Å². The molecule has 0 fully saturated rings. The second kappa shape index (κ2) is 7.26. The van der Waals surface area contributed by atoms with Crippen molar-refractivity contribution in [1.29, 1.82) is 0 Å². The van der Waals surface area contributed by atoms with Gasteiger partial charge >= 0.3 is 0 Å². The molecule has 0 spiro atoms. The fourth-order valence-electron chi connectivity index (χ4n) is 4.46. The third kappa shape index (κ3) is 3.06. The number of amides is 2. The molecule has 0 saturated carbocycles. The molecular weight excluding hydrogens is 392 g/mol. The molecule has 0 N–H and O–H groups in total. The van der Waals surface area contributed by atoms with Gasteiger partial charge in [0.15, 0.2) is 0 Å². The zero-order valence-corrected chi connectivity index (χ0v) is 17.8. The summed E-state index contributed by atoms with van der Waals surface area (Å²) in [4.78, 5) is 31.5. The highest BCUT2D eigenvalue weighted by Crippen LogP contribution is 2.38. The third-order valence-electron chi connectivity index (χ3n) is 5.74. The second-order valence-corrected chi connectivity index (χ2v) is 8.88. The Morgan fingerprint density at radius 2 is 1.60 bits per heavy atom. The lowest BCUT2D eigenvalue weighted by atomic mass is 9.99. The van der Waals surface area contributed by atoms with E-state index in [2.05, 4.69) is 23.1 Å². The van der Waals surface area contributed by atoms with Crippen LogP contribution in [0.4, 0.5) is 5.69 Å². The standard InChI is InChI=1S/C25H22N2O2S/c1-16-12-17(2)14-20(13-16)27-24(28)22(21-8-5-11-30-21)23(25(27)29)26-10-9-18-6-3-4-7-19(18)15-26/h3-8,11-14H,9-10,15H2,1-2H3. The van der Waals surface area contributed by atoms with Gasteiger partial charge in [0.05, 0.1) is 11.3 Å². The molecule has 0 saturated heterocycles. The number of carbonyl (C=O) groups is 2. The molecule has 0 unspecified atom stereocenters. The van der Waals surface area contributed by atoms with Crippen LogP contribution in [0, 0.1) is 13.8 Å². The molecule has 2 aromatic carbocycles. The topological polar surface area (TPSA) is 40.6 Å². The van der Waals surface area contributed by atoms with Crippen molar-refractivity contribution in [2.24, 2.45) is 0 Å². The Morgan fingerprint density at radius 3 is 2.30 bits per heavy atom. The summed E-state index contributed by atoms with van der Waals surface area (Å²) in [5.41, 5.74) is 6.28. The van der Waals surface area contributed by atoms with Crippen molar-refractivity contribution in [3.8, 4) is 0 Å². The van der Waals surface area contributed by atoms with E-state index in [0.717, 1.165) is 29.0 Å². The van der Waals surface area contributed by atoms with Gasteiger partial charge in [0.1, 0.15) is 5.70 Å². The van der Waals surface area contributed by atoms with Crippen molar-refractivity contribution in [3.05, 3.63) is 92.8 Å². The molecule has 5 heteroatoms. The van der Waals surface area contributed by atoms with Crippen LogP contribution in [-0.4, -0.2) is 23.3 Å². The largest absolute Gasteiger partial charge is 0.362 e. The summed E-state index contributed by atoms with van der Waals surface area (Å²) < 4.78 is 0. The minimum absolute atomic E-state index is 0.229. The van der Waals surface area contributed by atoms with Crippen molar-refractivity contribution in [1.82, 2.24) is 4.90 Å². The number of fused-ring (bicyclic) bond motifs is 1. The molecule has 150 valence electrons. The zero-order valence-electron chi connectivity index (χ0n) is 17.0. The van der Waals surface area contributed by atoms with Crippen LogP contribution in [0.3, 0.4) is 0 Å². The van der Waals surface area contributed by atoms with Gasteiger partial charge in [0.25, 0.3) is 11.8 Å². The van der Waals surface area contributed by atoms with Crippen molar-refractivity contribution < 1.29 is 9.59 Å². The number of carbonyl (C=O) groups excluding carboxylic acids is 2. The quantitative estimate of drug-likeness (QED) is 0.583. The molecule has 30 heavy (non-hydrogen) atoms. The molecule has 2 aliphatic rings. The molecule has 1 aromatic heterocycles. The molecule has 0 radical (unpaired) electrons. The van der Waals surface area contributed by atoms with Crippen LogP contribution in [0.2, 0.25) is 0 Å². The highest BCUT2D eigenvalue weighted by molar-refractivity contribution is 7.11. The number of hydrogen-bond acceptors (Lipinski definition) is 4. The van der Waals surface area contributed by atoms with Gasteiger partial charge < -0.3 is 4.90 Å². The van der Waals surface area contributed by atoms with Crippen LogP contribution in [-0.2, 0) is 22.6 Å². The normalized spacial score (nSPS) is 16.5. The third-order valence-corrected chi connectivity index (χ3v) is 6.63. The average Bonchev–Trinajstić information content (AvgIpc) is 3.33. The summed E-state index contributed by atoms with van der Waals surface area (Å²) >= 11 is 1.50. The Hall–Kier alpha value is -3.18. The molecule has 5 rings (SSSR count). The number of nitrogens with zero attached hydrogens (tertiary/aromatic N) is 2. The fraction of sp³-hybridized carbons (Fsp3) is 0.200. The molecule has 0 bridgehead atoms. The zero-order chi connectivity index (χ0) is 20.8. The molecule has 2 amide bonds. The van der Waals surface area contributed by atoms with E-state index in [-0.39, 0.29) is 11.8 Å². The Balaban J connectivity index is 1.61. The summed E-state index contributed by atoms with van der Waals surface area (Å²) in [6.45, 7) is 5.33. The maximum atomic E-state index is 13.7. The molecule has 2 aliphatic heterocycles. The van der Waals surface area contributed by atoms with Gasteiger partial charge in [0, 0.05) is 18.0 Å². The SMILES string of the molecule is Cc1cc(C)cc(N2C(=O)C(c3cccs3)=C(N3CCc4ccccc4C3)C2=O)c1. The fourth-order valence-corrected chi connectivity index (χ4v) is 5.22. The molecule has 3 heterocycles. The van der Waals surface area contributed by atoms with Crippen LogP contribution in [0.25, 0.3) is 5.57 Å². The van der Waals surface area contributed by atoms with E-state index in [1.807, 2.05) is 55.6 Å². The molecule has 0 atom stereocenters. The number of thiophene rings is 1. The summed E-state index contributed by atoms with van der Waals surface area (Å²) in [5, 5.41) is 1.95. The predicted molar refractivity (Wildman–Crippen MR) is 120 cm³/mol. The lowest BCUT2D eigenvalue weighted by molar-refractivity contribution is -0.120. The minimum Gasteiger partial charge on any atom is -0.362 e. The van der Waals surface area contributed by atoms with Crippen molar-refractivity contribution >= 4 is 34.4 Å². The Bertz CT molecular complexity index is 1170. The van der Waals surface area contributed by atoms with Gasteiger partial charge in [-0.15, -0.1) is 11.3 Å². The molecule has 4 nitrogen and oxygen atoms in total. The van der Waals surface area contributed by atoms with Gasteiger partial charge in [-0.3, -0.25) is 9.59 Å². The molecule has 3 aromatic rings. The maximum Gasteiger partial charge on any atom is 0.282 e. The first-order valence-corrected chi connectivity index (χ1v) is 11.0. The number of rotatable bonds is 3. The smallest absolute Gasteiger partial charge is 0.282 e.